The van der Waals surface area contributed by atoms with Gasteiger partial charge in [-0.05, 0) is 54.8 Å². The Hall–Kier alpha value is -3.76. The van der Waals surface area contributed by atoms with Gasteiger partial charge in [0.15, 0.2) is 0 Å². The number of ether oxygens (including phenoxy) is 2. The SMILES string of the molecule is C=S(=O)(Nc1cc(C)c2c(Nc3ccc(F)cc3OC3CCOC3)ncnc2c1)c1ccccn1. The number of aromatic nitrogens is 3. The minimum atomic E-state index is -2.86. The number of benzene rings is 2. The molecule has 1 aliphatic heterocycles. The summed E-state index contributed by atoms with van der Waals surface area (Å²) in [5.41, 5.74) is 2.65. The molecule has 0 spiro atoms. The molecule has 1 saturated heterocycles. The van der Waals surface area contributed by atoms with Gasteiger partial charge in [-0.1, -0.05) is 6.07 Å². The maximum atomic E-state index is 14.0. The molecular formula is C25H24FN5O3S. The van der Waals surface area contributed by atoms with Crippen LogP contribution in [-0.4, -0.2) is 44.3 Å². The molecule has 8 nitrogen and oxygen atoms in total. The highest BCUT2D eigenvalue weighted by Gasteiger charge is 2.20. The Morgan fingerprint density at radius 2 is 2.06 bits per heavy atom. The van der Waals surface area contributed by atoms with Gasteiger partial charge < -0.3 is 19.5 Å². The molecule has 4 aromatic rings. The average molecular weight is 494 g/mol. The number of hydrogen-bond acceptors (Lipinski definition) is 7. The zero-order chi connectivity index (χ0) is 24.4. The van der Waals surface area contributed by atoms with Crippen LogP contribution in [-0.2, 0) is 14.4 Å². The number of nitrogens with one attached hydrogen (secondary N) is 2. The van der Waals surface area contributed by atoms with E-state index in [9.17, 15) is 8.60 Å². The highest BCUT2D eigenvalue weighted by Crippen LogP contribution is 2.34. The maximum Gasteiger partial charge on any atom is 0.146 e. The lowest BCUT2D eigenvalue weighted by molar-refractivity contribution is 0.141. The first-order valence-electron chi connectivity index (χ1n) is 11.0. The van der Waals surface area contributed by atoms with Crippen molar-refractivity contribution in [3.63, 3.8) is 0 Å². The van der Waals surface area contributed by atoms with Gasteiger partial charge in [0.25, 0.3) is 0 Å². The van der Waals surface area contributed by atoms with Crippen LogP contribution in [0, 0.1) is 12.7 Å². The van der Waals surface area contributed by atoms with Gasteiger partial charge in [0.1, 0.15) is 34.8 Å². The Kier molecular flexibility index (Phi) is 6.23. The van der Waals surface area contributed by atoms with E-state index < -0.39 is 15.5 Å². The molecule has 2 aromatic heterocycles. The van der Waals surface area contributed by atoms with Gasteiger partial charge in [-0.3, -0.25) is 0 Å². The summed E-state index contributed by atoms with van der Waals surface area (Å²) in [6.45, 7) is 3.00. The van der Waals surface area contributed by atoms with Gasteiger partial charge in [-0.15, -0.1) is 0 Å². The number of fused-ring (bicyclic) bond motifs is 1. The van der Waals surface area contributed by atoms with Crippen LogP contribution >= 0.6 is 0 Å². The van der Waals surface area contributed by atoms with Crippen molar-refractivity contribution in [1.82, 2.24) is 15.0 Å². The van der Waals surface area contributed by atoms with Crippen LogP contribution in [0.3, 0.4) is 0 Å². The smallest absolute Gasteiger partial charge is 0.146 e. The number of pyridine rings is 1. The molecule has 1 aliphatic rings. The number of halogens is 1. The van der Waals surface area contributed by atoms with Crippen molar-refractivity contribution < 1.29 is 18.1 Å². The number of nitrogens with zero attached hydrogens (tertiary/aromatic N) is 3. The first kappa shape index (κ1) is 23.0. The van der Waals surface area contributed by atoms with E-state index in [2.05, 4.69) is 30.9 Å². The average Bonchev–Trinajstić information content (AvgIpc) is 3.34. The van der Waals surface area contributed by atoms with E-state index in [0.29, 0.717) is 46.7 Å². The van der Waals surface area contributed by atoms with Crippen LogP contribution in [0.2, 0.25) is 0 Å². The van der Waals surface area contributed by atoms with E-state index in [1.54, 1.807) is 36.5 Å². The van der Waals surface area contributed by atoms with Gasteiger partial charge in [0.2, 0.25) is 0 Å². The van der Waals surface area contributed by atoms with Crippen LogP contribution in [0.15, 0.2) is 66.1 Å². The Morgan fingerprint density at radius 1 is 1.17 bits per heavy atom. The van der Waals surface area contributed by atoms with E-state index >= 15 is 0 Å². The molecule has 35 heavy (non-hydrogen) atoms. The Balaban J connectivity index is 1.47. The molecule has 5 rings (SSSR count). The second-order valence-corrected chi connectivity index (χ2v) is 10.2. The molecule has 0 bridgehead atoms. The summed E-state index contributed by atoms with van der Waals surface area (Å²) in [5.74, 6) is 4.36. The Bertz CT molecular complexity index is 1480. The summed E-state index contributed by atoms with van der Waals surface area (Å²) >= 11 is 0. The predicted molar refractivity (Wildman–Crippen MR) is 135 cm³/mol. The molecule has 2 unspecified atom stereocenters. The second-order valence-electron chi connectivity index (χ2n) is 8.22. The molecule has 0 amide bonds. The molecule has 2 N–H and O–H groups in total. The van der Waals surface area contributed by atoms with Crippen molar-refractivity contribution in [3.8, 4) is 5.75 Å². The van der Waals surface area contributed by atoms with E-state index in [4.69, 9.17) is 9.47 Å². The van der Waals surface area contributed by atoms with E-state index in [1.807, 2.05) is 13.0 Å². The summed E-state index contributed by atoms with van der Waals surface area (Å²) in [6.07, 6.45) is 3.62. The molecule has 2 atom stereocenters. The minimum Gasteiger partial charge on any atom is -0.486 e. The van der Waals surface area contributed by atoms with Crippen LogP contribution in [0.1, 0.15) is 12.0 Å². The largest absolute Gasteiger partial charge is 0.486 e. The zero-order valence-electron chi connectivity index (χ0n) is 19.0. The highest BCUT2D eigenvalue weighted by molar-refractivity contribution is 8.01. The molecule has 0 aliphatic carbocycles. The standard InChI is InChI=1S/C25H24FN5O3S/c1-16-11-18(31-35(2,32)23-5-3-4-9-27-23)13-21-24(16)25(29-15-28-21)30-20-7-6-17(26)12-22(20)34-19-8-10-33-14-19/h3-7,9,11-13,15,19H,2,8,10,14H2,1H3,(H,31,32)(H,28,29,30). The molecule has 10 heteroatoms. The lowest BCUT2D eigenvalue weighted by Gasteiger charge is -2.18. The van der Waals surface area contributed by atoms with Crippen LogP contribution in [0.4, 0.5) is 21.6 Å². The molecule has 0 radical (unpaired) electrons. The van der Waals surface area contributed by atoms with Crippen LogP contribution in [0.5, 0.6) is 5.75 Å². The quantitative estimate of drug-likeness (QED) is 0.366. The van der Waals surface area contributed by atoms with E-state index in [-0.39, 0.29) is 6.10 Å². The first-order chi connectivity index (χ1) is 16.9. The van der Waals surface area contributed by atoms with Crippen molar-refractivity contribution in [2.75, 3.05) is 23.3 Å². The Morgan fingerprint density at radius 3 is 2.83 bits per heavy atom. The fourth-order valence-corrected chi connectivity index (χ4v) is 5.07. The minimum absolute atomic E-state index is 0.133. The summed E-state index contributed by atoms with van der Waals surface area (Å²) in [7, 11) is -2.86. The van der Waals surface area contributed by atoms with Crippen molar-refractivity contribution in [3.05, 3.63) is 72.4 Å². The fourth-order valence-electron chi connectivity index (χ4n) is 3.94. The van der Waals surface area contributed by atoms with Crippen molar-refractivity contribution in [2.24, 2.45) is 0 Å². The number of anilines is 3. The summed E-state index contributed by atoms with van der Waals surface area (Å²) in [5, 5.41) is 4.40. The van der Waals surface area contributed by atoms with Crippen LogP contribution in [0.25, 0.3) is 10.9 Å². The van der Waals surface area contributed by atoms with Gasteiger partial charge in [0, 0.05) is 29.8 Å². The lowest BCUT2D eigenvalue weighted by Crippen LogP contribution is -2.16. The van der Waals surface area contributed by atoms with Crippen molar-refractivity contribution in [1.29, 1.82) is 0 Å². The topological polar surface area (TPSA) is 98.3 Å². The van der Waals surface area contributed by atoms with Gasteiger partial charge in [-0.2, -0.15) is 0 Å². The second kappa shape index (κ2) is 9.47. The normalized spacial score (nSPS) is 17.1. The van der Waals surface area contributed by atoms with Gasteiger partial charge in [0.05, 0.1) is 34.1 Å². The third kappa shape index (κ3) is 5.03. The molecular weight excluding hydrogens is 469 g/mol. The third-order valence-corrected chi connectivity index (χ3v) is 7.05. The van der Waals surface area contributed by atoms with Gasteiger partial charge >= 0.3 is 0 Å². The monoisotopic (exact) mass is 493 g/mol. The number of aryl methyl sites for hydroxylation is 1. The van der Waals surface area contributed by atoms with Crippen molar-refractivity contribution in [2.45, 2.75) is 24.5 Å². The molecule has 3 heterocycles. The van der Waals surface area contributed by atoms with Gasteiger partial charge in [-0.25, -0.2) is 23.6 Å². The predicted octanol–water partition coefficient (Wildman–Crippen LogP) is 4.49. The van der Waals surface area contributed by atoms with E-state index in [1.165, 1.54) is 18.5 Å². The number of hydrogen-bond donors (Lipinski definition) is 2. The molecule has 180 valence electrons. The Labute approximate surface area is 202 Å². The zero-order valence-corrected chi connectivity index (χ0v) is 19.8. The van der Waals surface area contributed by atoms with Crippen LogP contribution < -0.4 is 14.8 Å². The number of rotatable bonds is 7. The van der Waals surface area contributed by atoms with Crippen molar-refractivity contribution >= 4 is 43.7 Å². The first-order valence-corrected chi connectivity index (χ1v) is 12.7. The maximum absolute atomic E-state index is 14.0. The fraction of sp³-hybridized carbons (Fsp3) is 0.200. The highest BCUT2D eigenvalue weighted by atomic mass is 32.2. The summed E-state index contributed by atoms with van der Waals surface area (Å²) < 4.78 is 41.5. The molecule has 0 saturated carbocycles. The summed E-state index contributed by atoms with van der Waals surface area (Å²) in [4.78, 5) is 13.0. The lowest BCUT2D eigenvalue weighted by atomic mass is 10.1. The summed E-state index contributed by atoms with van der Waals surface area (Å²) in [6, 6.07) is 13.1. The molecule has 2 aromatic carbocycles. The molecule has 1 fully saturated rings. The third-order valence-electron chi connectivity index (χ3n) is 5.57. The van der Waals surface area contributed by atoms with E-state index in [0.717, 1.165) is 17.4 Å².